The minimum atomic E-state index is -0.482. The van der Waals surface area contributed by atoms with Gasteiger partial charge in [-0.3, -0.25) is 4.79 Å². The smallest absolute Gasteiger partial charge is 0.260 e. The summed E-state index contributed by atoms with van der Waals surface area (Å²) in [6, 6.07) is 8.14. The molecular weight excluding hydrogens is 264 g/mol. The van der Waals surface area contributed by atoms with Gasteiger partial charge < -0.3 is 15.4 Å². The summed E-state index contributed by atoms with van der Waals surface area (Å²) in [5, 5.41) is 6.09. The zero-order chi connectivity index (χ0) is 15.8. The fourth-order valence-electron chi connectivity index (χ4n) is 1.89. The molecule has 1 amide bonds. The summed E-state index contributed by atoms with van der Waals surface area (Å²) < 4.78 is 5.67. The minimum Gasteiger partial charge on any atom is -0.481 e. The van der Waals surface area contributed by atoms with Gasteiger partial charge in [0.1, 0.15) is 5.75 Å². The summed E-state index contributed by atoms with van der Waals surface area (Å²) in [5.41, 5.74) is 1.19. The second kappa shape index (κ2) is 8.67. The van der Waals surface area contributed by atoms with Gasteiger partial charge in [0.25, 0.3) is 5.91 Å². The molecule has 4 heteroatoms. The Hall–Kier alpha value is -1.55. The van der Waals surface area contributed by atoms with E-state index in [1.165, 1.54) is 5.56 Å². The number of nitrogens with one attached hydrogen (secondary N) is 2. The van der Waals surface area contributed by atoms with E-state index in [4.69, 9.17) is 4.74 Å². The number of rotatable bonds is 8. The SMILES string of the molecule is CNC(C)c1ccc(OC(C)C(=O)NCCC(C)C)cc1. The largest absolute Gasteiger partial charge is 0.481 e. The summed E-state index contributed by atoms with van der Waals surface area (Å²) in [6.45, 7) is 8.85. The first-order valence-electron chi connectivity index (χ1n) is 7.65. The van der Waals surface area contributed by atoms with Gasteiger partial charge in [-0.05, 0) is 50.9 Å². The highest BCUT2D eigenvalue weighted by Gasteiger charge is 2.14. The quantitative estimate of drug-likeness (QED) is 0.774. The Morgan fingerprint density at radius 3 is 2.29 bits per heavy atom. The van der Waals surface area contributed by atoms with Crippen molar-refractivity contribution in [2.24, 2.45) is 5.92 Å². The molecular formula is C17H28N2O2. The Morgan fingerprint density at radius 1 is 1.14 bits per heavy atom. The Morgan fingerprint density at radius 2 is 1.76 bits per heavy atom. The molecule has 2 atom stereocenters. The summed E-state index contributed by atoms with van der Waals surface area (Å²) in [4.78, 5) is 11.9. The fraction of sp³-hybridized carbons (Fsp3) is 0.588. The van der Waals surface area contributed by atoms with Gasteiger partial charge in [-0.2, -0.15) is 0 Å². The lowest BCUT2D eigenvalue weighted by atomic mass is 10.1. The van der Waals surface area contributed by atoms with Gasteiger partial charge in [-0.15, -0.1) is 0 Å². The lowest BCUT2D eigenvalue weighted by Gasteiger charge is -2.16. The standard InChI is InChI=1S/C17H28N2O2/c1-12(2)10-11-19-17(20)14(4)21-16-8-6-15(7-9-16)13(3)18-5/h6-9,12-14,18H,10-11H2,1-5H3,(H,19,20). The zero-order valence-corrected chi connectivity index (χ0v) is 13.8. The van der Waals surface area contributed by atoms with E-state index in [-0.39, 0.29) is 5.91 Å². The molecule has 0 fully saturated rings. The monoisotopic (exact) mass is 292 g/mol. The predicted molar refractivity (Wildman–Crippen MR) is 86.5 cm³/mol. The van der Waals surface area contributed by atoms with Crippen LogP contribution in [0.1, 0.15) is 45.7 Å². The normalized spacial score (nSPS) is 13.8. The van der Waals surface area contributed by atoms with Crippen LogP contribution in [0.3, 0.4) is 0 Å². The third-order valence-electron chi connectivity index (χ3n) is 3.52. The van der Waals surface area contributed by atoms with Gasteiger partial charge in [0, 0.05) is 12.6 Å². The molecule has 2 unspecified atom stereocenters. The zero-order valence-electron chi connectivity index (χ0n) is 13.8. The highest BCUT2D eigenvalue weighted by atomic mass is 16.5. The lowest BCUT2D eigenvalue weighted by molar-refractivity contribution is -0.127. The molecule has 1 aromatic rings. The number of carbonyl (C=O) groups excluding carboxylic acids is 1. The third kappa shape index (κ3) is 6.17. The lowest BCUT2D eigenvalue weighted by Crippen LogP contribution is -2.37. The first-order valence-corrected chi connectivity index (χ1v) is 7.65. The number of benzene rings is 1. The molecule has 0 aliphatic rings. The molecule has 0 aliphatic carbocycles. The molecule has 1 aromatic carbocycles. The number of carbonyl (C=O) groups is 1. The molecule has 0 saturated carbocycles. The van der Waals surface area contributed by atoms with Crippen molar-refractivity contribution in [3.05, 3.63) is 29.8 Å². The predicted octanol–water partition coefficient (Wildman–Crippen LogP) is 2.90. The van der Waals surface area contributed by atoms with Crippen molar-refractivity contribution in [2.45, 2.75) is 46.3 Å². The number of ether oxygens (including phenoxy) is 1. The van der Waals surface area contributed by atoms with Crippen LogP contribution in [-0.4, -0.2) is 25.6 Å². The first kappa shape index (κ1) is 17.5. The molecule has 21 heavy (non-hydrogen) atoms. The second-order valence-corrected chi connectivity index (χ2v) is 5.81. The molecule has 0 radical (unpaired) electrons. The van der Waals surface area contributed by atoms with Crippen molar-refractivity contribution < 1.29 is 9.53 Å². The number of amides is 1. The third-order valence-corrected chi connectivity index (χ3v) is 3.52. The van der Waals surface area contributed by atoms with Gasteiger partial charge in [0.15, 0.2) is 6.10 Å². The number of hydrogen-bond acceptors (Lipinski definition) is 3. The average Bonchev–Trinajstić information content (AvgIpc) is 2.46. The molecule has 0 saturated heterocycles. The van der Waals surface area contributed by atoms with Crippen molar-refractivity contribution in [1.82, 2.24) is 10.6 Å². The minimum absolute atomic E-state index is 0.0664. The van der Waals surface area contributed by atoms with Crippen LogP contribution in [0.4, 0.5) is 0 Å². The molecule has 0 aliphatic heterocycles. The van der Waals surface area contributed by atoms with Crippen LogP contribution >= 0.6 is 0 Å². The van der Waals surface area contributed by atoms with E-state index in [9.17, 15) is 4.79 Å². The van der Waals surface area contributed by atoms with Crippen molar-refractivity contribution in [2.75, 3.05) is 13.6 Å². The van der Waals surface area contributed by atoms with E-state index in [0.717, 1.165) is 6.42 Å². The van der Waals surface area contributed by atoms with E-state index in [1.54, 1.807) is 6.92 Å². The maximum absolute atomic E-state index is 11.9. The molecule has 0 heterocycles. The summed E-state index contributed by atoms with van der Waals surface area (Å²) in [6.07, 6.45) is 0.499. The Balaban J connectivity index is 2.46. The molecule has 0 bridgehead atoms. The molecule has 2 N–H and O–H groups in total. The highest BCUT2D eigenvalue weighted by Crippen LogP contribution is 2.18. The van der Waals surface area contributed by atoms with Gasteiger partial charge in [-0.1, -0.05) is 26.0 Å². The van der Waals surface area contributed by atoms with Crippen LogP contribution in [0.15, 0.2) is 24.3 Å². The van der Waals surface area contributed by atoms with E-state index in [1.807, 2.05) is 31.3 Å². The average molecular weight is 292 g/mol. The van der Waals surface area contributed by atoms with Crippen LogP contribution in [0, 0.1) is 5.92 Å². The summed E-state index contributed by atoms with van der Waals surface area (Å²) in [5.74, 6) is 1.24. The van der Waals surface area contributed by atoms with Crippen LogP contribution < -0.4 is 15.4 Å². The van der Waals surface area contributed by atoms with Crippen molar-refractivity contribution in [1.29, 1.82) is 0 Å². The Kier molecular flexibility index (Phi) is 7.23. The molecule has 0 spiro atoms. The van der Waals surface area contributed by atoms with Gasteiger partial charge in [0.2, 0.25) is 0 Å². The Labute approximate surface area is 128 Å². The summed E-state index contributed by atoms with van der Waals surface area (Å²) >= 11 is 0. The van der Waals surface area contributed by atoms with Gasteiger partial charge in [0.05, 0.1) is 0 Å². The number of hydrogen-bond donors (Lipinski definition) is 2. The van der Waals surface area contributed by atoms with Crippen molar-refractivity contribution >= 4 is 5.91 Å². The second-order valence-electron chi connectivity index (χ2n) is 5.81. The van der Waals surface area contributed by atoms with Crippen LogP contribution in [0.5, 0.6) is 5.75 Å². The van der Waals surface area contributed by atoms with E-state index >= 15 is 0 Å². The Bertz CT molecular complexity index is 429. The molecule has 0 aromatic heterocycles. The van der Waals surface area contributed by atoms with Crippen LogP contribution in [0.25, 0.3) is 0 Å². The van der Waals surface area contributed by atoms with Gasteiger partial charge >= 0.3 is 0 Å². The maximum atomic E-state index is 11.9. The molecule has 1 rings (SSSR count). The van der Waals surface area contributed by atoms with Crippen LogP contribution in [-0.2, 0) is 4.79 Å². The van der Waals surface area contributed by atoms with Crippen LogP contribution in [0.2, 0.25) is 0 Å². The van der Waals surface area contributed by atoms with E-state index < -0.39 is 6.10 Å². The topological polar surface area (TPSA) is 50.4 Å². The maximum Gasteiger partial charge on any atom is 0.260 e. The summed E-state index contributed by atoms with van der Waals surface area (Å²) in [7, 11) is 1.93. The van der Waals surface area contributed by atoms with E-state index in [0.29, 0.717) is 24.3 Å². The van der Waals surface area contributed by atoms with Crippen molar-refractivity contribution in [3.63, 3.8) is 0 Å². The molecule has 118 valence electrons. The fourth-order valence-corrected chi connectivity index (χ4v) is 1.89. The van der Waals surface area contributed by atoms with E-state index in [2.05, 4.69) is 31.4 Å². The highest BCUT2D eigenvalue weighted by molar-refractivity contribution is 5.80. The first-order chi connectivity index (χ1) is 9.93. The van der Waals surface area contributed by atoms with Gasteiger partial charge in [-0.25, -0.2) is 0 Å². The van der Waals surface area contributed by atoms with Crippen molar-refractivity contribution in [3.8, 4) is 5.75 Å². The molecule has 4 nitrogen and oxygen atoms in total.